The summed E-state index contributed by atoms with van der Waals surface area (Å²) in [6.45, 7) is 1.20. The molecule has 0 radical (unpaired) electrons. The van der Waals surface area contributed by atoms with Gasteiger partial charge in [0.2, 0.25) is 11.8 Å². The number of carbonyl (C=O) groups excluding carboxylic acids is 2. The molecule has 1 saturated carbocycles. The average Bonchev–Trinajstić information content (AvgIpc) is 3.54. The topological polar surface area (TPSA) is 63.4 Å². The van der Waals surface area contributed by atoms with Gasteiger partial charge in [-0.1, -0.05) is 54.6 Å². The summed E-state index contributed by atoms with van der Waals surface area (Å²) in [7, 11) is 0. The van der Waals surface area contributed by atoms with Crippen LogP contribution in [0.4, 0.5) is 0 Å². The first kappa shape index (κ1) is 17.8. The molecule has 2 aromatic rings. The van der Waals surface area contributed by atoms with Crippen molar-refractivity contribution in [1.82, 2.24) is 4.90 Å². The second-order valence-electron chi connectivity index (χ2n) is 8.02. The highest BCUT2D eigenvalue weighted by molar-refractivity contribution is 5.85. The van der Waals surface area contributed by atoms with Crippen LogP contribution in [-0.4, -0.2) is 29.8 Å². The summed E-state index contributed by atoms with van der Waals surface area (Å²) in [5, 5.41) is 0. The molecular formula is C23H26N2O2. The quantitative estimate of drug-likeness (QED) is 0.886. The van der Waals surface area contributed by atoms with Crippen molar-refractivity contribution in [3.8, 4) is 11.1 Å². The van der Waals surface area contributed by atoms with Crippen molar-refractivity contribution in [3.63, 3.8) is 0 Å². The van der Waals surface area contributed by atoms with E-state index < -0.39 is 5.41 Å². The highest BCUT2D eigenvalue weighted by Gasteiger charge is 2.44. The normalized spacial score (nSPS) is 22.4. The lowest BCUT2D eigenvalue weighted by Crippen LogP contribution is -2.53. The first-order valence-corrected chi connectivity index (χ1v) is 9.80. The van der Waals surface area contributed by atoms with Gasteiger partial charge in [-0.15, -0.1) is 0 Å². The molecule has 1 atom stereocenters. The van der Waals surface area contributed by atoms with E-state index in [1.54, 1.807) is 0 Å². The van der Waals surface area contributed by atoms with Gasteiger partial charge in [0.1, 0.15) is 0 Å². The Balaban J connectivity index is 1.52. The van der Waals surface area contributed by atoms with Crippen molar-refractivity contribution in [3.05, 3.63) is 60.2 Å². The number of nitrogens with zero attached hydrogens (tertiary/aromatic N) is 1. The number of rotatable bonds is 5. The van der Waals surface area contributed by atoms with Crippen LogP contribution in [0.3, 0.4) is 0 Å². The van der Waals surface area contributed by atoms with Crippen LogP contribution in [0.2, 0.25) is 0 Å². The van der Waals surface area contributed by atoms with Gasteiger partial charge in [0.05, 0.1) is 5.41 Å². The minimum atomic E-state index is -0.656. The summed E-state index contributed by atoms with van der Waals surface area (Å²) in [5.74, 6) is 0.0986. The molecule has 0 bridgehead atoms. The van der Waals surface area contributed by atoms with Crippen LogP contribution in [0.15, 0.2) is 54.6 Å². The van der Waals surface area contributed by atoms with Crippen molar-refractivity contribution < 1.29 is 9.59 Å². The van der Waals surface area contributed by atoms with E-state index in [0.717, 1.165) is 43.4 Å². The molecule has 2 fully saturated rings. The Labute approximate surface area is 160 Å². The fraction of sp³-hybridized carbons (Fsp3) is 0.391. The molecule has 1 saturated heterocycles. The predicted octanol–water partition coefficient (Wildman–Crippen LogP) is 3.40. The molecule has 1 aliphatic heterocycles. The summed E-state index contributed by atoms with van der Waals surface area (Å²) in [4.78, 5) is 26.8. The van der Waals surface area contributed by atoms with Crippen LogP contribution in [0.5, 0.6) is 0 Å². The van der Waals surface area contributed by atoms with E-state index in [1.165, 1.54) is 5.56 Å². The lowest BCUT2D eigenvalue weighted by atomic mass is 9.74. The number of benzene rings is 2. The van der Waals surface area contributed by atoms with Gasteiger partial charge in [-0.3, -0.25) is 9.59 Å². The fourth-order valence-corrected chi connectivity index (χ4v) is 4.18. The van der Waals surface area contributed by atoms with Crippen LogP contribution in [0.1, 0.15) is 31.2 Å². The van der Waals surface area contributed by atoms with Crippen molar-refractivity contribution in [2.75, 3.05) is 13.1 Å². The van der Waals surface area contributed by atoms with Gasteiger partial charge in [-0.05, 0) is 48.8 Å². The molecule has 27 heavy (non-hydrogen) atoms. The van der Waals surface area contributed by atoms with Gasteiger partial charge in [0.25, 0.3) is 0 Å². The molecule has 4 heteroatoms. The number of carbonyl (C=O) groups is 2. The fourth-order valence-electron chi connectivity index (χ4n) is 4.18. The third-order valence-electron chi connectivity index (χ3n) is 5.94. The molecular weight excluding hydrogens is 336 g/mol. The first-order chi connectivity index (χ1) is 13.1. The number of amides is 2. The summed E-state index contributed by atoms with van der Waals surface area (Å²) in [6.07, 6.45) is 4.15. The summed E-state index contributed by atoms with van der Waals surface area (Å²) < 4.78 is 0. The van der Waals surface area contributed by atoms with Crippen LogP contribution in [0.25, 0.3) is 11.1 Å². The van der Waals surface area contributed by atoms with Gasteiger partial charge in [0, 0.05) is 19.0 Å². The van der Waals surface area contributed by atoms with E-state index in [1.807, 2.05) is 23.1 Å². The van der Waals surface area contributed by atoms with Gasteiger partial charge in [0.15, 0.2) is 0 Å². The largest absolute Gasteiger partial charge is 0.369 e. The Morgan fingerprint density at radius 3 is 2.30 bits per heavy atom. The molecule has 4 nitrogen and oxygen atoms in total. The van der Waals surface area contributed by atoms with Crippen LogP contribution < -0.4 is 5.73 Å². The molecule has 1 heterocycles. The monoisotopic (exact) mass is 362 g/mol. The van der Waals surface area contributed by atoms with E-state index in [0.29, 0.717) is 13.0 Å². The van der Waals surface area contributed by atoms with E-state index in [-0.39, 0.29) is 17.7 Å². The van der Waals surface area contributed by atoms with E-state index in [2.05, 4.69) is 36.4 Å². The zero-order valence-corrected chi connectivity index (χ0v) is 15.6. The highest BCUT2D eigenvalue weighted by atomic mass is 16.2. The molecule has 2 aliphatic rings. The van der Waals surface area contributed by atoms with Gasteiger partial charge in [-0.25, -0.2) is 0 Å². The van der Waals surface area contributed by atoms with E-state index >= 15 is 0 Å². The van der Waals surface area contributed by atoms with E-state index in [9.17, 15) is 9.59 Å². The van der Waals surface area contributed by atoms with Crippen LogP contribution >= 0.6 is 0 Å². The van der Waals surface area contributed by atoms with E-state index in [4.69, 9.17) is 5.73 Å². The van der Waals surface area contributed by atoms with Crippen molar-refractivity contribution in [1.29, 1.82) is 0 Å². The van der Waals surface area contributed by atoms with Crippen molar-refractivity contribution in [2.24, 2.45) is 17.1 Å². The Bertz CT molecular complexity index is 827. The molecule has 1 aliphatic carbocycles. The Kier molecular flexibility index (Phi) is 4.73. The minimum Gasteiger partial charge on any atom is -0.369 e. The van der Waals surface area contributed by atoms with Gasteiger partial charge in [-0.2, -0.15) is 0 Å². The third kappa shape index (κ3) is 3.75. The summed E-state index contributed by atoms with van der Waals surface area (Å²) in [6, 6.07) is 18.6. The molecule has 4 rings (SSSR count). The highest BCUT2D eigenvalue weighted by Crippen LogP contribution is 2.38. The minimum absolute atomic E-state index is 0.179. The number of piperidine rings is 1. The number of primary amides is 1. The van der Waals surface area contributed by atoms with Gasteiger partial charge < -0.3 is 10.6 Å². The number of hydrogen-bond donors (Lipinski definition) is 1. The SMILES string of the molecule is NC(=O)C1(Cc2ccc(-c3ccccc3)cc2)CCCN(C(=O)C2CC2)C1. The Hall–Kier alpha value is -2.62. The second-order valence-corrected chi connectivity index (χ2v) is 8.02. The molecule has 0 spiro atoms. The van der Waals surface area contributed by atoms with Gasteiger partial charge >= 0.3 is 0 Å². The average molecular weight is 362 g/mol. The lowest BCUT2D eigenvalue weighted by molar-refractivity contribution is -0.140. The maximum absolute atomic E-state index is 12.5. The zero-order valence-electron chi connectivity index (χ0n) is 15.6. The maximum atomic E-state index is 12.5. The molecule has 2 aromatic carbocycles. The maximum Gasteiger partial charge on any atom is 0.225 e. The Morgan fingerprint density at radius 1 is 1.00 bits per heavy atom. The first-order valence-electron chi connectivity index (χ1n) is 9.80. The smallest absolute Gasteiger partial charge is 0.225 e. The number of nitrogens with two attached hydrogens (primary N) is 1. The second kappa shape index (κ2) is 7.18. The van der Waals surface area contributed by atoms with Crippen LogP contribution in [0, 0.1) is 11.3 Å². The molecule has 2 amide bonds. The van der Waals surface area contributed by atoms with Crippen molar-refractivity contribution in [2.45, 2.75) is 32.1 Å². The number of hydrogen-bond acceptors (Lipinski definition) is 2. The predicted molar refractivity (Wildman–Crippen MR) is 106 cm³/mol. The van der Waals surface area contributed by atoms with Crippen LogP contribution in [-0.2, 0) is 16.0 Å². The lowest BCUT2D eigenvalue weighted by Gasteiger charge is -2.41. The zero-order chi connectivity index (χ0) is 18.9. The molecule has 1 unspecified atom stereocenters. The number of likely N-dealkylation sites (tertiary alicyclic amines) is 1. The third-order valence-corrected chi connectivity index (χ3v) is 5.94. The standard InChI is InChI=1S/C23H26N2O2/c24-22(27)23(13-4-14-25(16-23)21(26)20-11-12-20)15-17-7-9-19(10-8-17)18-5-2-1-3-6-18/h1-3,5-10,20H,4,11-16H2,(H2,24,27). The van der Waals surface area contributed by atoms with Crippen molar-refractivity contribution >= 4 is 11.8 Å². The summed E-state index contributed by atoms with van der Waals surface area (Å²) >= 11 is 0. The Morgan fingerprint density at radius 2 is 1.67 bits per heavy atom. The molecule has 0 aromatic heterocycles. The molecule has 2 N–H and O–H groups in total. The summed E-state index contributed by atoms with van der Waals surface area (Å²) in [5.41, 5.74) is 8.61. The molecule has 140 valence electrons.